The van der Waals surface area contributed by atoms with E-state index in [1.54, 1.807) is 13.3 Å². The lowest BCUT2D eigenvalue weighted by atomic mass is 9.78. The Bertz CT molecular complexity index is 629. The van der Waals surface area contributed by atoms with Crippen LogP contribution in [0.3, 0.4) is 0 Å². The standard InChI is InChI=1S/C14H19N5O2/c1-9-4-3-5-14(8-9,20-2)13-18-12(21-19-13)10-11(15)17-7-6-16-10/h6-7,9H,3-5,8H2,1-2H3,(H2,15,17). The van der Waals surface area contributed by atoms with E-state index in [2.05, 4.69) is 27.0 Å². The summed E-state index contributed by atoms with van der Waals surface area (Å²) in [6.07, 6.45) is 7.14. The minimum Gasteiger partial charge on any atom is -0.382 e. The number of nitrogens with zero attached hydrogens (tertiary/aromatic N) is 4. The summed E-state index contributed by atoms with van der Waals surface area (Å²) in [6.45, 7) is 2.22. The van der Waals surface area contributed by atoms with E-state index < -0.39 is 5.60 Å². The van der Waals surface area contributed by atoms with E-state index in [9.17, 15) is 0 Å². The number of anilines is 1. The van der Waals surface area contributed by atoms with Crippen LogP contribution in [0.5, 0.6) is 0 Å². The summed E-state index contributed by atoms with van der Waals surface area (Å²) in [7, 11) is 1.70. The van der Waals surface area contributed by atoms with Crippen molar-refractivity contribution in [2.45, 2.75) is 38.2 Å². The molecule has 2 N–H and O–H groups in total. The number of aromatic nitrogens is 4. The zero-order chi connectivity index (χ0) is 14.9. The molecule has 2 unspecified atom stereocenters. The lowest BCUT2D eigenvalue weighted by molar-refractivity contribution is -0.0658. The SMILES string of the molecule is COC1(c2noc(-c3nccnc3N)n2)CCCC(C)C1. The van der Waals surface area contributed by atoms with Gasteiger partial charge in [-0.25, -0.2) is 9.97 Å². The van der Waals surface area contributed by atoms with Crippen LogP contribution in [0.1, 0.15) is 38.4 Å². The first-order valence-electron chi connectivity index (χ1n) is 7.11. The maximum absolute atomic E-state index is 5.80. The van der Waals surface area contributed by atoms with Crippen LogP contribution in [0, 0.1) is 5.92 Å². The van der Waals surface area contributed by atoms with Crippen molar-refractivity contribution in [2.75, 3.05) is 12.8 Å². The highest BCUT2D eigenvalue weighted by atomic mass is 16.5. The molecule has 0 spiro atoms. The molecule has 21 heavy (non-hydrogen) atoms. The lowest BCUT2D eigenvalue weighted by Gasteiger charge is -2.36. The Labute approximate surface area is 122 Å². The number of ether oxygens (including phenoxy) is 1. The highest BCUT2D eigenvalue weighted by molar-refractivity contribution is 5.61. The quantitative estimate of drug-likeness (QED) is 0.924. The lowest BCUT2D eigenvalue weighted by Crippen LogP contribution is -2.35. The van der Waals surface area contributed by atoms with Crippen LogP contribution in [0.2, 0.25) is 0 Å². The second-order valence-corrected chi connectivity index (χ2v) is 5.61. The summed E-state index contributed by atoms with van der Waals surface area (Å²) in [5.41, 5.74) is 5.73. The van der Waals surface area contributed by atoms with E-state index in [4.69, 9.17) is 15.0 Å². The first-order valence-corrected chi connectivity index (χ1v) is 7.11. The van der Waals surface area contributed by atoms with Gasteiger partial charge in [-0.05, 0) is 25.2 Å². The monoisotopic (exact) mass is 289 g/mol. The van der Waals surface area contributed by atoms with Gasteiger partial charge in [0, 0.05) is 19.5 Å². The van der Waals surface area contributed by atoms with Crippen LogP contribution in [-0.4, -0.2) is 27.2 Å². The maximum atomic E-state index is 5.80. The number of rotatable bonds is 3. The van der Waals surface area contributed by atoms with Crippen molar-refractivity contribution >= 4 is 5.82 Å². The van der Waals surface area contributed by atoms with Gasteiger partial charge in [0.1, 0.15) is 5.60 Å². The first kappa shape index (κ1) is 13.9. The molecule has 2 heterocycles. The van der Waals surface area contributed by atoms with Gasteiger partial charge in [-0.15, -0.1) is 0 Å². The molecule has 1 aliphatic rings. The molecule has 7 heteroatoms. The highest BCUT2D eigenvalue weighted by Crippen LogP contribution is 2.41. The average molecular weight is 289 g/mol. The van der Waals surface area contributed by atoms with Crippen LogP contribution in [0.25, 0.3) is 11.6 Å². The van der Waals surface area contributed by atoms with Crippen molar-refractivity contribution in [1.29, 1.82) is 0 Å². The van der Waals surface area contributed by atoms with Gasteiger partial charge >= 0.3 is 0 Å². The highest BCUT2D eigenvalue weighted by Gasteiger charge is 2.41. The predicted molar refractivity (Wildman–Crippen MR) is 76.1 cm³/mol. The summed E-state index contributed by atoms with van der Waals surface area (Å²) in [5.74, 6) is 1.69. The molecule has 1 fully saturated rings. The molecule has 2 atom stereocenters. The molecular weight excluding hydrogens is 270 g/mol. The molecule has 112 valence electrons. The van der Waals surface area contributed by atoms with Gasteiger partial charge in [0.2, 0.25) is 5.82 Å². The van der Waals surface area contributed by atoms with Gasteiger partial charge in [0.05, 0.1) is 0 Å². The summed E-state index contributed by atoms with van der Waals surface area (Å²) in [5, 5.41) is 4.10. The maximum Gasteiger partial charge on any atom is 0.280 e. The van der Waals surface area contributed by atoms with E-state index in [1.807, 2.05) is 0 Å². The molecular formula is C14H19N5O2. The van der Waals surface area contributed by atoms with Crippen LogP contribution >= 0.6 is 0 Å². The van der Waals surface area contributed by atoms with Crippen molar-refractivity contribution in [3.63, 3.8) is 0 Å². The van der Waals surface area contributed by atoms with Crippen LogP contribution < -0.4 is 5.73 Å². The van der Waals surface area contributed by atoms with Crippen molar-refractivity contribution < 1.29 is 9.26 Å². The Hall–Kier alpha value is -2.02. The topological polar surface area (TPSA) is 100.0 Å². The Morgan fingerprint density at radius 2 is 2.19 bits per heavy atom. The molecule has 0 aliphatic heterocycles. The third kappa shape index (κ3) is 2.49. The largest absolute Gasteiger partial charge is 0.382 e. The van der Waals surface area contributed by atoms with Crippen molar-refractivity contribution in [1.82, 2.24) is 20.1 Å². The Balaban J connectivity index is 1.95. The number of methoxy groups -OCH3 is 1. The second kappa shape index (κ2) is 5.40. The second-order valence-electron chi connectivity index (χ2n) is 5.61. The van der Waals surface area contributed by atoms with Gasteiger partial charge < -0.3 is 15.0 Å². The van der Waals surface area contributed by atoms with Gasteiger partial charge in [0.25, 0.3) is 5.89 Å². The van der Waals surface area contributed by atoms with E-state index in [-0.39, 0.29) is 11.7 Å². The molecule has 2 aromatic rings. The number of nitrogen functional groups attached to an aromatic ring is 1. The molecule has 0 radical (unpaired) electrons. The Kier molecular flexibility index (Phi) is 3.59. The first-order chi connectivity index (χ1) is 10.1. The molecule has 0 saturated heterocycles. The fraction of sp³-hybridized carbons (Fsp3) is 0.571. The van der Waals surface area contributed by atoms with E-state index in [1.165, 1.54) is 12.6 Å². The summed E-state index contributed by atoms with van der Waals surface area (Å²) in [4.78, 5) is 12.6. The fourth-order valence-corrected chi connectivity index (χ4v) is 3.00. The van der Waals surface area contributed by atoms with Crippen LogP contribution in [0.4, 0.5) is 5.82 Å². The van der Waals surface area contributed by atoms with Gasteiger partial charge in [-0.3, -0.25) is 0 Å². The molecule has 1 saturated carbocycles. The van der Waals surface area contributed by atoms with Gasteiger partial charge in [-0.1, -0.05) is 18.5 Å². The molecule has 2 aromatic heterocycles. The third-order valence-electron chi connectivity index (χ3n) is 4.11. The summed E-state index contributed by atoms with van der Waals surface area (Å²) >= 11 is 0. The van der Waals surface area contributed by atoms with Crippen molar-refractivity contribution in [2.24, 2.45) is 5.92 Å². The molecule has 3 rings (SSSR count). The smallest absolute Gasteiger partial charge is 0.280 e. The molecule has 7 nitrogen and oxygen atoms in total. The molecule has 0 amide bonds. The Morgan fingerprint density at radius 3 is 2.90 bits per heavy atom. The van der Waals surface area contributed by atoms with Gasteiger partial charge in [0.15, 0.2) is 11.5 Å². The van der Waals surface area contributed by atoms with E-state index in [0.29, 0.717) is 17.4 Å². The minimum atomic E-state index is -0.476. The predicted octanol–water partition coefficient (Wildman–Crippen LogP) is 2.16. The van der Waals surface area contributed by atoms with E-state index >= 15 is 0 Å². The fourth-order valence-electron chi connectivity index (χ4n) is 3.00. The molecule has 0 aromatic carbocycles. The number of hydrogen-bond donors (Lipinski definition) is 1. The molecule has 0 bridgehead atoms. The third-order valence-corrected chi connectivity index (χ3v) is 4.11. The zero-order valence-electron chi connectivity index (χ0n) is 12.2. The summed E-state index contributed by atoms with van der Waals surface area (Å²) in [6, 6.07) is 0. The Morgan fingerprint density at radius 1 is 1.38 bits per heavy atom. The van der Waals surface area contributed by atoms with Gasteiger partial charge in [-0.2, -0.15) is 4.98 Å². The van der Waals surface area contributed by atoms with Crippen LogP contribution in [0.15, 0.2) is 16.9 Å². The normalized spacial score (nSPS) is 25.9. The molecule has 1 aliphatic carbocycles. The zero-order valence-corrected chi connectivity index (χ0v) is 12.2. The van der Waals surface area contributed by atoms with Crippen molar-refractivity contribution in [3.8, 4) is 11.6 Å². The number of hydrogen-bond acceptors (Lipinski definition) is 7. The number of nitrogens with two attached hydrogens (primary N) is 1. The van der Waals surface area contributed by atoms with Crippen LogP contribution in [-0.2, 0) is 10.3 Å². The van der Waals surface area contributed by atoms with E-state index in [0.717, 1.165) is 19.3 Å². The van der Waals surface area contributed by atoms with Crippen molar-refractivity contribution in [3.05, 3.63) is 18.2 Å². The average Bonchev–Trinajstić information content (AvgIpc) is 2.98. The summed E-state index contributed by atoms with van der Waals surface area (Å²) < 4.78 is 11.1. The minimum absolute atomic E-state index is 0.274.